The van der Waals surface area contributed by atoms with Crippen LogP contribution in [0.3, 0.4) is 0 Å². The van der Waals surface area contributed by atoms with E-state index in [1.54, 1.807) is 4.68 Å². The lowest BCUT2D eigenvalue weighted by molar-refractivity contribution is 0.0701. The average Bonchev–Trinajstić information content (AvgIpc) is 2.62. The van der Waals surface area contributed by atoms with Gasteiger partial charge >= 0.3 is 0 Å². The maximum absolute atomic E-state index is 5.44. The number of tetrazole rings is 1. The first kappa shape index (κ1) is 12.1. The first-order valence-corrected chi connectivity index (χ1v) is 5.31. The third kappa shape index (κ3) is 4.35. The van der Waals surface area contributed by atoms with E-state index in [4.69, 9.17) is 4.74 Å². The molecule has 0 radical (unpaired) electrons. The molecule has 0 saturated heterocycles. The van der Waals surface area contributed by atoms with Crippen molar-refractivity contribution in [2.45, 2.75) is 40.0 Å². The van der Waals surface area contributed by atoms with Gasteiger partial charge in [-0.1, -0.05) is 6.92 Å². The molecule has 0 fully saturated rings. The first-order chi connectivity index (χ1) is 7.24. The number of ether oxygens (including phenoxy) is 1. The van der Waals surface area contributed by atoms with E-state index in [0.29, 0.717) is 19.7 Å². The van der Waals surface area contributed by atoms with Gasteiger partial charge in [-0.2, -0.15) is 0 Å². The maximum atomic E-state index is 5.44. The summed E-state index contributed by atoms with van der Waals surface area (Å²) in [4.78, 5) is 0. The van der Waals surface area contributed by atoms with Crippen LogP contribution in [0.25, 0.3) is 0 Å². The van der Waals surface area contributed by atoms with Crippen LogP contribution in [-0.4, -0.2) is 39.5 Å². The SMILES string of the molecule is CCNCc1nnnn1CCOC(C)C. The van der Waals surface area contributed by atoms with E-state index in [1.807, 2.05) is 13.8 Å². The minimum absolute atomic E-state index is 0.249. The van der Waals surface area contributed by atoms with Crippen LogP contribution in [0.5, 0.6) is 0 Å². The number of nitrogens with zero attached hydrogens (tertiary/aromatic N) is 4. The zero-order valence-corrected chi connectivity index (χ0v) is 9.60. The summed E-state index contributed by atoms with van der Waals surface area (Å²) >= 11 is 0. The summed E-state index contributed by atoms with van der Waals surface area (Å²) in [5.41, 5.74) is 0. The summed E-state index contributed by atoms with van der Waals surface area (Å²) in [6, 6.07) is 0. The van der Waals surface area contributed by atoms with Gasteiger partial charge in [0.2, 0.25) is 0 Å². The summed E-state index contributed by atoms with van der Waals surface area (Å²) in [6.45, 7) is 9.03. The van der Waals surface area contributed by atoms with Crippen molar-refractivity contribution in [2.24, 2.45) is 0 Å². The molecule has 1 N–H and O–H groups in total. The quantitative estimate of drug-likeness (QED) is 0.701. The highest BCUT2D eigenvalue weighted by atomic mass is 16.5. The number of rotatable bonds is 7. The highest BCUT2D eigenvalue weighted by Gasteiger charge is 2.04. The normalized spacial score (nSPS) is 11.2. The van der Waals surface area contributed by atoms with Gasteiger partial charge in [-0.15, -0.1) is 5.10 Å². The Morgan fingerprint density at radius 3 is 2.93 bits per heavy atom. The molecular formula is C9H19N5O. The van der Waals surface area contributed by atoms with Crippen molar-refractivity contribution < 1.29 is 4.74 Å². The van der Waals surface area contributed by atoms with Crippen LogP contribution in [0.4, 0.5) is 0 Å². The van der Waals surface area contributed by atoms with Gasteiger partial charge in [-0.3, -0.25) is 0 Å². The topological polar surface area (TPSA) is 64.9 Å². The highest BCUT2D eigenvalue weighted by molar-refractivity contribution is 4.79. The molecule has 0 amide bonds. The molecule has 0 atom stereocenters. The van der Waals surface area contributed by atoms with E-state index < -0.39 is 0 Å². The predicted molar refractivity (Wildman–Crippen MR) is 56.3 cm³/mol. The molecular weight excluding hydrogens is 194 g/mol. The van der Waals surface area contributed by atoms with Gasteiger partial charge in [0.15, 0.2) is 5.82 Å². The Labute approximate surface area is 90.0 Å². The lowest BCUT2D eigenvalue weighted by Crippen LogP contribution is -2.19. The molecule has 15 heavy (non-hydrogen) atoms. The molecule has 0 aromatic carbocycles. The Morgan fingerprint density at radius 1 is 1.47 bits per heavy atom. The number of hydrogen-bond donors (Lipinski definition) is 1. The molecule has 0 bridgehead atoms. The van der Waals surface area contributed by atoms with Gasteiger partial charge in [0.1, 0.15) is 0 Å². The minimum atomic E-state index is 0.249. The van der Waals surface area contributed by atoms with Crippen LogP contribution >= 0.6 is 0 Å². The maximum Gasteiger partial charge on any atom is 0.165 e. The summed E-state index contributed by atoms with van der Waals surface area (Å²) in [6.07, 6.45) is 0.249. The molecule has 1 aromatic rings. The molecule has 0 aliphatic carbocycles. The molecule has 0 aliphatic heterocycles. The molecule has 0 unspecified atom stereocenters. The monoisotopic (exact) mass is 213 g/mol. The molecule has 0 aliphatic rings. The second kappa shape index (κ2) is 6.47. The van der Waals surface area contributed by atoms with Crippen LogP contribution < -0.4 is 5.32 Å². The second-order valence-corrected chi connectivity index (χ2v) is 3.52. The fourth-order valence-electron chi connectivity index (χ4n) is 1.14. The first-order valence-electron chi connectivity index (χ1n) is 5.31. The molecule has 0 spiro atoms. The van der Waals surface area contributed by atoms with E-state index in [9.17, 15) is 0 Å². The highest BCUT2D eigenvalue weighted by Crippen LogP contribution is 1.94. The van der Waals surface area contributed by atoms with E-state index in [2.05, 4.69) is 27.8 Å². The van der Waals surface area contributed by atoms with E-state index in [0.717, 1.165) is 12.4 Å². The van der Waals surface area contributed by atoms with Crippen LogP contribution in [-0.2, 0) is 17.8 Å². The summed E-state index contributed by atoms with van der Waals surface area (Å²) < 4.78 is 7.21. The Hall–Kier alpha value is -1.01. The van der Waals surface area contributed by atoms with Gasteiger partial charge < -0.3 is 10.1 Å². The van der Waals surface area contributed by atoms with Crippen LogP contribution in [0.2, 0.25) is 0 Å². The summed E-state index contributed by atoms with van der Waals surface area (Å²) in [5.74, 6) is 0.851. The van der Waals surface area contributed by atoms with Crippen LogP contribution in [0.15, 0.2) is 0 Å². The zero-order chi connectivity index (χ0) is 11.1. The van der Waals surface area contributed by atoms with E-state index in [-0.39, 0.29) is 6.10 Å². The minimum Gasteiger partial charge on any atom is -0.377 e. The van der Waals surface area contributed by atoms with Gasteiger partial charge in [-0.25, -0.2) is 4.68 Å². The van der Waals surface area contributed by atoms with E-state index in [1.165, 1.54) is 0 Å². The number of aromatic nitrogens is 4. The Balaban J connectivity index is 2.35. The fourth-order valence-corrected chi connectivity index (χ4v) is 1.14. The van der Waals surface area contributed by atoms with Crippen molar-refractivity contribution in [3.05, 3.63) is 5.82 Å². The predicted octanol–water partition coefficient (Wildman–Crippen LogP) is 0.208. The van der Waals surface area contributed by atoms with Crippen molar-refractivity contribution in [1.82, 2.24) is 25.5 Å². The molecule has 86 valence electrons. The average molecular weight is 213 g/mol. The largest absolute Gasteiger partial charge is 0.377 e. The Morgan fingerprint density at radius 2 is 2.27 bits per heavy atom. The fraction of sp³-hybridized carbons (Fsp3) is 0.889. The lowest BCUT2D eigenvalue weighted by atomic mass is 10.5. The molecule has 6 nitrogen and oxygen atoms in total. The Kier molecular flexibility index (Phi) is 5.20. The number of nitrogens with one attached hydrogen (secondary N) is 1. The van der Waals surface area contributed by atoms with Crippen molar-refractivity contribution in [3.63, 3.8) is 0 Å². The molecule has 1 rings (SSSR count). The van der Waals surface area contributed by atoms with Crippen molar-refractivity contribution >= 4 is 0 Å². The van der Waals surface area contributed by atoms with Crippen molar-refractivity contribution in [3.8, 4) is 0 Å². The van der Waals surface area contributed by atoms with E-state index >= 15 is 0 Å². The summed E-state index contributed by atoms with van der Waals surface area (Å²) in [7, 11) is 0. The van der Waals surface area contributed by atoms with Gasteiger partial charge in [0.05, 0.1) is 25.8 Å². The molecule has 1 aromatic heterocycles. The third-order valence-corrected chi connectivity index (χ3v) is 1.89. The van der Waals surface area contributed by atoms with Crippen LogP contribution in [0, 0.1) is 0 Å². The number of hydrogen-bond acceptors (Lipinski definition) is 5. The smallest absolute Gasteiger partial charge is 0.165 e. The van der Waals surface area contributed by atoms with Crippen molar-refractivity contribution in [1.29, 1.82) is 0 Å². The summed E-state index contributed by atoms with van der Waals surface area (Å²) in [5, 5.41) is 14.7. The Bertz CT molecular complexity index is 273. The molecule has 0 saturated carbocycles. The standard InChI is InChI=1S/C9H19N5O/c1-4-10-7-9-11-12-13-14(9)5-6-15-8(2)3/h8,10H,4-7H2,1-3H3. The second-order valence-electron chi connectivity index (χ2n) is 3.52. The lowest BCUT2D eigenvalue weighted by Gasteiger charge is -2.08. The molecule has 6 heteroatoms. The molecule has 1 heterocycles. The van der Waals surface area contributed by atoms with Crippen molar-refractivity contribution in [2.75, 3.05) is 13.2 Å². The van der Waals surface area contributed by atoms with Gasteiger partial charge in [0, 0.05) is 0 Å². The van der Waals surface area contributed by atoms with Gasteiger partial charge in [-0.05, 0) is 30.8 Å². The third-order valence-electron chi connectivity index (χ3n) is 1.89. The van der Waals surface area contributed by atoms with Crippen LogP contribution in [0.1, 0.15) is 26.6 Å². The zero-order valence-electron chi connectivity index (χ0n) is 9.60. The van der Waals surface area contributed by atoms with Gasteiger partial charge in [0.25, 0.3) is 0 Å².